The van der Waals surface area contributed by atoms with Gasteiger partial charge in [0.2, 0.25) is 0 Å². The third kappa shape index (κ3) is 8.23. The number of carbonyl (C=O) groups excluding carboxylic acids is 1. The summed E-state index contributed by atoms with van der Waals surface area (Å²) in [5, 5.41) is 0. The summed E-state index contributed by atoms with van der Waals surface area (Å²) >= 11 is 0. The maximum absolute atomic E-state index is 13.2. The number of ether oxygens (including phenoxy) is 1. The minimum absolute atomic E-state index is 0.0823. The fourth-order valence-electron chi connectivity index (χ4n) is 1.59. The van der Waals surface area contributed by atoms with E-state index < -0.39 is 37.0 Å². The Hall–Kier alpha value is -1.28. The molecule has 0 aliphatic rings. The Bertz CT molecular complexity index is 364. The molecule has 0 heterocycles. The molecule has 0 aromatic rings. The van der Waals surface area contributed by atoms with Crippen molar-refractivity contribution >= 4 is 5.97 Å². The summed E-state index contributed by atoms with van der Waals surface area (Å²) in [6.07, 6.45) is -11.0. The predicted octanol–water partition coefficient (Wildman–Crippen LogP) is 5.24. The quantitative estimate of drug-likeness (QED) is 0.236. The molecule has 22 heavy (non-hydrogen) atoms. The first-order valence-electron chi connectivity index (χ1n) is 6.59. The van der Waals surface area contributed by atoms with Crippen LogP contribution in [0.15, 0.2) is 12.7 Å². The number of rotatable bonds is 10. The van der Waals surface area contributed by atoms with Gasteiger partial charge in [-0.1, -0.05) is 25.8 Å². The van der Waals surface area contributed by atoms with Crippen LogP contribution in [0.5, 0.6) is 0 Å². The zero-order valence-electron chi connectivity index (χ0n) is 11.7. The van der Waals surface area contributed by atoms with E-state index in [1.807, 2.05) is 0 Å². The Balaban J connectivity index is 4.02. The second-order valence-electron chi connectivity index (χ2n) is 4.73. The van der Waals surface area contributed by atoms with Gasteiger partial charge in [-0.15, -0.1) is 0 Å². The zero-order valence-corrected chi connectivity index (χ0v) is 11.7. The molecule has 0 saturated heterocycles. The van der Waals surface area contributed by atoms with Gasteiger partial charge in [0.15, 0.2) is 0 Å². The number of unbranched alkanes of at least 4 members (excludes halogenated alkanes) is 4. The largest absolute Gasteiger partial charge is 0.466 e. The smallest absolute Gasteiger partial charge is 0.393 e. The Morgan fingerprint density at radius 2 is 1.32 bits per heavy atom. The van der Waals surface area contributed by atoms with E-state index in [0.29, 0.717) is 6.08 Å². The molecule has 2 nitrogen and oxygen atoms in total. The van der Waals surface area contributed by atoms with Gasteiger partial charge in [-0.3, -0.25) is 0 Å². The molecule has 0 aliphatic heterocycles. The molecule has 130 valence electrons. The van der Waals surface area contributed by atoms with E-state index in [1.54, 1.807) is 0 Å². The molecule has 0 rings (SSSR count). The first kappa shape index (κ1) is 20.7. The van der Waals surface area contributed by atoms with Gasteiger partial charge in [0, 0.05) is 18.9 Å². The number of hydrogen-bond acceptors (Lipinski definition) is 2. The highest BCUT2D eigenvalue weighted by molar-refractivity contribution is 5.81. The topological polar surface area (TPSA) is 26.3 Å². The average molecular weight is 338 g/mol. The van der Waals surface area contributed by atoms with Crippen LogP contribution in [0.2, 0.25) is 0 Å². The summed E-state index contributed by atoms with van der Waals surface area (Å²) in [6, 6.07) is 0. The number of esters is 1. The van der Waals surface area contributed by atoms with E-state index >= 15 is 0 Å². The van der Waals surface area contributed by atoms with Crippen LogP contribution in [0.25, 0.3) is 0 Å². The molecular weight excluding hydrogens is 321 g/mol. The Labute approximate surface area is 123 Å². The van der Waals surface area contributed by atoms with E-state index in [9.17, 15) is 35.5 Å². The van der Waals surface area contributed by atoms with Crippen LogP contribution in [0.4, 0.5) is 30.7 Å². The van der Waals surface area contributed by atoms with Crippen LogP contribution < -0.4 is 0 Å². The van der Waals surface area contributed by atoms with Crippen molar-refractivity contribution in [2.24, 2.45) is 0 Å². The third-order valence-corrected chi connectivity index (χ3v) is 2.77. The summed E-state index contributed by atoms with van der Waals surface area (Å²) < 4.78 is 91.3. The van der Waals surface area contributed by atoms with Crippen LogP contribution in [-0.2, 0) is 9.53 Å². The first-order valence-corrected chi connectivity index (χ1v) is 6.59. The van der Waals surface area contributed by atoms with Crippen molar-refractivity contribution in [3.05, 3.63) is 12.7 Å². The van der Waals surface area contributed by atoms with E-state index in [4.69, 9.17) is 0 Å². The minimum atomic E-state index is -4.95. The van der Waals surface area contributed by atoms with Gasteiger partial charge in [0.25, 0.3) is 0 Å². The molecular formula is C13H17F7O2. The highest BCUT2D eigenvalue weighted by atomic mass is 19.4. The summed E-state index contributed by atoms with van der Waals surface area (Å²) in [7, 11) is 0. The molecule has 0 radical (unpaired) electrons. The number of alkyl halides is 7. The molecule has 0 bridgehead atoms. The Kier molecular flexibility index (Phi) is 7.89. The highest BCUT2D eigenvalue weighted by Gasteiger charge is 2.59. The molecule has 0 unspecified atom stereocenters. The van der Waals surface area contributed by atoms with E-state index in [1.165, 1.54) is 0 Å². The first-order chi connectivity index (χ1) is 9.91. The van der Waals surface area contributed by atoms with Crippen molar-refractivity contribution in [1.29, 1.82) is 0 Å². The molecule has 0 amide bonds. The second-order valence-corrected chi connectivity index (χ2v) is 4.73. The summed E-state index contributed by atoms with van der Waals surface area (Å²) in [5.41, 5.74) is 0. The van der Waals surface area contributed by atoms with Crippen LogP contribution in [0.1, 0.15) is 44.9 Å². The lowest BCUT2D eigenvalue weighted by Gasteiger charge is -2.25. The molecule has 0 N–H and O–H groups in total. The summed E-state index contributed by atoms with van der Waals surface area (Å²) in [4.78, 5) is 10.6. The van der Waals surface area contributed by atoms with Crippen molar-refractivity contribution in [1.82, 2.24) is 0 Å². The molecule has 9 heteroatoms. The van der Waals surface area contributed by atoms with Crippen molar-refractivity contribution in [3.63, 3.8) is 0 Å². The van der Waals surface area contributed by atoms with E-state index in [0.717, 1.165) is 0 Å². The van der Waals surface area contributed by atoms with Crippen molar-refractivity contribution in [2.75, 3.05) is 0 Å². The van der Waals surface area contributed by atoms with Crippen LogP contribution >= 0.6 is 0 Å². The lowest BCUT2D eigenvalue weighted by atomic mass is 10.1. The van der Waals surface area contributed by atoms with Crippen molar-refractivity contribution in [2.45, 2.75) is 63.2 Å². The number of carbonyl (C=O) groups is 1. The monoisotopic (exact) mass is 338 g/mol. The predicted molar refractivity (Wildman–Crippen MR) is 64.6 cm³/mol. The number of halogens is 7. The van der Waals surface area contributed by atoms with Crippen LogP contribution in [-0.4, -0.2) is 24.2 Å². The standard InChI is InChI=1S/C13H17F7O2/c1-2-10(21)22-13(19,20)11(14,15)8-6-4-3-5-7-9-12(16,17)18/h2H,1,3-9H2. The van der Waals surface area contributed by atoms with Gasteiger partial charge >= 0.3 is 24.2 Å². The Morgan fingerprint density at radius 1 is 0.864 bits per heavy atom. The molecule has 0 aromatic carbocycles. The van der Waals surface area contributed by atoms with Gasteiger partial charge in [-0.05, 0) is 12.8 Å². The van der Waals surface area contributed by atoms with Crippen LogP contribution in [0.3, 0.4) is 0 Å². The molecule has 0 fully saturated rings. The SMILES string of the molecule is C=CC(=O)OC(F)(F)C(F)(F)CCCCCCCC(F)(F)F. The second kappa shape index (κ2) is 8.38. The average Bonchev–Trinajstić information content (AvgIpc) is 2.35. The lowest BCUT2D eigenvalue weighted by Crippen LogP contribution is -2.44. The maximum Gasteiger partial charge on any atom is 0.466 e. The van der Waals surface area contributed by atoms with E-state index in [2.05, 4.69) is 11.3 Å². The lowest BCUT2D eigenvalue weighted by molar-refractivity contribution is -0.330. The summed E-state index contributed by atoms with van der Waals surface area (Å²) in [5.74, 6) is -6.21. The molecule has 0 aromatic heterocycles. The van der Waals surface area contributed by atoms with E-state index in [-0.39, 0.29) is 32.1 Å². The van der Waals surface area contributed by atoms with Gasteiger partial charge in [-0.25, -0.2) is 4.79 Å². The van der Waals surface area contributed by atoms with Gasteiger partial charge in [-0.2, -0.15) is 30.7 Å². The van der Waals surface area contributed by atoms with Gasteiger partial charge in [0.05, 0.1) is 0 Å². The maximum atomic E-state index is 13.2. The van der Waals surface area contributed by atoms with Crippen molar-refractivity contribution in [3.8, 4) is 0 Å². The van der Waals surface area contributed by atoms with Gasteiger partial charge in [0.1, 0.15) is 0 Å². The third-order valence-electron chi connectivity index (χ3n) is 2.77. The molecule has 0 saturated carbocycles. The molecule has 0 aliphatic carbocycles. The molecule has 0 atom stereocenters. The van der Waals surface area contributed by atoms with Crippen LogP contribution in [0, 0.1) is 0 Å². The molecule has 0 spiro atoms. The zero-order chi connectivity index (χ0) is 17.4. The van der Waals surface area contributed by atoms with Crippen molar-refractivity contribution < 1.29 is 40.3 Å². The number of hydrogen-bond donors (Lipinski definition) is 0. The van der Waals surface area contributed by atoms with Gasteiger partial charge < -0.3 is 4.74 Å². The Morgan fingerprint density at radius 3 is 1.77 bits per heavy atom. The fraction of sp³-hybridized carbons (Fsp3) is 0.769. The normalized spacial score (nSPS) is 13.0. The summed E-state index contributed by atoms with van der Waals surface area (Å²) in [6.45, 7) is 2.82. The minimum Gasteiger partial charge on any atom is -0.393 e. The highest BCUT2D eigenvalue weighted by Crippen LogP contribution is 2.39. The fourth-order valence-corrected chi connectivity index (χ4v) is 1.59.